The van der Waals surface area contributed by atoms with Crippen LogP contribution in [-0.2, 0) is 4.74 Å². The summed E-state index contributed by atoms with van der Waals surface area (Å²) in [7, 11) is 1.72. The molecule has 3 aromatic rings. The van der Waals surface area contributed by atoms with Gasteiger partial charge in [0.1, 0.15) is 0 Å². The van der Waals surface area contributed by atoms with E-state index in [1.807, 2.05) is 47.5 Å². The van der Waals surface area contributed by atoms with Gasteiger partial charge >= 0.3 is 0 Å². The van der Waals surface area contributed by atoms with Crippen molar-refractivity contribution in [1.82, 2.24) is 9.88 Å². The van der Waals surface area contributed by atoms with Crippen molar-refractivity contribution in [2.24, 2.45) is 0 Å². The number of piperidine rings is 1. The van der Waals surface area contributed by atoms with Crippen LogP contribution in [0.15, 0.2) is 60.8 Å². The number of nitrogens with zero attached hydrogens (tertiary/aromatic N) is 2. The summed E-state index contributed by atoms with van der Waals surface area (Å²) in [5, 5.41) is 1.12. The molecular weight excluding hydrogens is 348 g/mol. The van der Waals surface area contributed by atoms with Crippen molar-refractivity contribution in [2.45, 2.75) is 31.7 Å². The van der Waals surface area contributed by atoms with Gasteiger partial charge in [-0.05, 0) is 67.1 Å². The zero-order chi connectivity index (χ0) is 19.3. The predicted molar refractivity (Wildman–Crippen MR) is 112 cm³/mol. The molecule has 4 heteroatoms. The Morgan fingerprint density at radius 1 is 1.11 bits per heavy atom. The van der Waals surface area contributed by atoms with Crippen molar-refractivity contribution in [1.29, 1.82) is 0 Å². The molecule has 1 saturated heterocycles. The van der Waals surface area contributed by atoms with Crippen LogP contribution in [0.5, 0.6) is 0 Å². The van der Waals surface area contributed by atoms with Crippen molar-refractivity contribution in [3.05, 3.63) is 66.4 Å². The van der Waals surface area contributed by atoms with Crippen LogP contribution in [0.1, 0.15) is 36.0 Å². The van der Waals surface area contributed by atoms with E-state index in [9.17, 15) is 4.79 Å². The molecular formula is C24H26N2O2. The van der Waals surface area contributed by atoms with Crippen molar-refractivity contribution < 1.29 is 9.53 Å². The van der Waals surface area contributed by atoms with Crippen LogP contribution in [0.2, 0.25) is 0 Å². The third kappa shape index (κ3) is 3.92. The highest BCUT2D eigenvalue weighted by Crippen LogP contribution is 2.26. The fraction of sp³-hybridized carbons (Fsp3) is 0.333. The number of fused-ring (bicyclic) bond motifs is 1. The summed E-state index contributed by atoms with van der Waals surface area (Å²) in [4.78, 5) is 19.5. The summed E-state index contributed by atoms with van der Waals surface area (Å²) in [6, 6.07) is 18.6. The Hall–Kier alpha value is -2.72. The highest BCUT2D eigenvalue weighted by Gasteiger charge is 2.27. The number of amides is 1. The molecule has 0 unspecified atom stereocenters. The van der Waals surface area contributed by atoms with E-state index in [0.29, 0.717) is 6.61 Å². The van der Waals surface area contributed by atoms with Crippen molar-refractivity contribution >= 4 is 16.8 Å². The Balaban J connectivity index is 1.53. The molecule has 0 N–H and O–H groups in total. The van der Waals surface area contributed by atoms with Gasteiger partial charge in [-0.1, -0.05) is 24.3 Å². The third-order valence-corrected chi connectivity index (χ3v) is 5.61. The lowest BCUT2D eigenvalue weighted by atomic mass is 9.97. The molecule has 144 valence electrons. The van der Waals surface area contributed by atoms with Crippen LogP contribution in [0.4, 0.5) is 0 Å². The van der Waals surface area contributed by atoms with Crippen LogP contribution in [-0.4, -0.2) is 42.1 Å². The summed E-state index contributed by atoms with van der Waals surface area (Å²) in [6.45, 7) is 1.54. The maximum Gasteiger partial charge on any atom is 0.254 e. The molecule has 1 aliphatic rings. The molecule has 4 nitrogen and oxygen atoms in total. The normalized spacial score (nSPS) is 17.0. The molecule has 1 atom stereocenters. The average molecular weight is 374 g/mol. The van der Waals surface area contributed by atoms with Gasteiger partial charge in [0.05, 0.1) is 5.52 Å². The molecule has 4 rings (SSSR count). The Morgan fingerprint density at radius 3 is 2.75 bits per heavy atom. The van der Waals surface area contributed by atoms with Gasteiger partial charge in [-0.2, -0.15) is 0 Å². The second-order valence-electron chi connectivity index (χ2n) is 7.42. The average Bonchev–Trinajstić information content (AvgIpc) is 2.77. The molecule has 0 saturated carbocycles. The number of carbonyl (C=O) groups is 1. The van der Waals surface area contributed by atoms with Crippen molar-refractivity contribution in [3.63, 3.8) is 0 Å². The van der Waals surface area contributed by atoms with Gasteiger partial charge in [0.15, 0.2) is 0 Å². The number of rotatable bonds is 5. The van der Waals surface area contributed by atoms with Gasteiger partial charge in [-0.3, -0.25) is 9.78 Å². The topological polar surface area (TPSA) is 42.4 Å². The van der Waals surface area contributed by atoms with Gasteiger partial charge in [0.25, 0.3) is 5.91 Å². The Bertz CT molecular complexity index is 952. The molecule has 1 aromatic heterocycles. The monoisotopic (exact) mass is 374 g/mol. The van der Waals surface area contributed by atoms with Gasteiger partial charge < -0.3 is 9.64 Å². The Kier molecular flexibility index (Phi) is 5.68. The van der Waals surface area contributed by atoms with Gasteiger partial charge in [0, 0.05) is 43.4 Å². The van der Waals surface area contributed by atoms with E-state index >= 15 is 0 Å². The van der Waals surface area contributed by atoms with Crippen LogP contribution < -0.4 is 0 Å². The Morgan fingerprint density at radius 2 is 1.93 bits per heavy atom. The number of hydrogen-bond donors (Lipinski definition) is 0. The van der Waals surface area contributed by atoms with E-state index in [1.165, 1.54) is 6.42 Å². The first-order valence-corrected chi connectivity index (χ1v) is 10.0. The zero-order valence-corrected chi connectivity index (χ0v) is 16.3. The van der Waals surface area contributed by atoms with E-state index in [4.69, 9.17) is 4.74 Å². The van der Waals surface area contributed by atoms with Crippen LogP contribution in [0.3, 0.4) is 0 Å². The molecule has 0 spiro atoms. The first kappa shape index (κ1) is 18.6. The molecule has 0 radical (unpaired) electrons. The largest absolute Gasteiger partial charge is 0.385 e. The minimum atomic E-state index is 0.134. The maximum atomic E-state index is 13.1. The van der Waals surface area contributed by atoms with Gasteiger partial charge in [0.2, 0.25) is 0 Å². The summed E-state index contributed by atoms with van der Waals surface area (Å²) in [5.74, 6) is 0.134. The van der Waals surface area contributed by atoms with E-state index < -0.39 is 0 Å². The summed E-state index contributed by atoms with van der Waals surface area (Å²) >= 11 is 0. The standard InChI is InChI=1S/C24H26N2O2/c1-28-16-13-22-6-2-3-15-26(22)24(27)19-9-7-18(8-10-19)20-11-12-23-21(17-20)5-4-14-25-23/h4-5,7-12,14,17,22H,2-3,6,13,15-16H2,1H3/t22-/m0/s1. The van der Waals surface area contributed by atoms with Gasteiger partial charge in [-0.25, -0.2) is 0 Å². The van der Waals surface area contributed by atoms with Crippen LogP contribution >= 0.6 is 0 Å². The highest BCUT2D eigenvalue weighted by molar-refractivity contribution is 5.95. The lowest BCUT2D eigenvalue weighted by Gasteiger charge is -2.36. The molecule has 28 heavy (non-hydrogen) atoms. The summed E-state index contributed by atoms with van der Waals surface area (Å²) in [6.07, 6.45) is 6.05. The fourth-order valence-electron chi connectivity index (χ4n) is 4.05. The van der Waals surface area contributed by atoms with Crippen LogP contribution in [0.25, 0.3) is 22.0 Å². The lowest BCUT2D eigenvalue weighted by Crippen LogP contribution is -2.44. The molecule has 1 fully saturated rings. The predicted octanol–water partition coefficient (Wildman–Crippen LogP) is 4.93. The highest BCUT2D eigenvalue weighted by atomic mass is 16.5. The van der Waals surface area contributed by atoms with Crippen molar-refractivity contribution in [3.8, 4) is 11.1 Å². The van der Waals surface area contributed by atoms with Crippen molar-refractivity contribution in [2.75, 3.05) is 20.3 Å². The quantitative estimate of drug-likeness (QED) is 0.636. The molecule has 1 amide bonds. The number of carbonyl (C=O) groups excluding carboxylic acids is 1. The summed E-state index contributed by atoms with van der Waals surface area (Å²) < 4.78 is 5.23. The zero-order valence-electron chi connectivity index (χ0n) is 16.3. The Labute approximate surface area is 166 Å². The number of ether oxygens (including phenoxy) is 1. The number of benzene rings is 2. The molecule has 0 aliphatic carbocycles. The van der Waals surface area contributed by atoms with Crippen LogP contribution in [0, 0.1) is 0 Å². The SMILES string of the molecule is COCC[C@@H]1CCCCN1C(=O)c1ccc(-c2ccc3ncccc3c2)cc1. The molecule has 2 heterocycles. The number of hydrogen-bond acceptors (Lipinski definition) is 3. The number of pyridine rings is 1. The first-order valence-electron chi connectivity index (χ1n) is 10.0. The fourth-order valence-corrected chi connectivity index (χ4v) is 4.05. The minimum Gasteiger partial charge on any atom is -0.385 e. The lowest BCUT2D eigenvalue weighted by molar-refractivity contribution is 0.0553. The third-order valence-electron chi connectivity index (χ3n) is 5.61. The molecule has 1 aliphatic heterocycles. The maximum absolute atomic E-state index is 13.1. The second-order valence-corrected chi connectivity index (χ2v) is 7.42. The number of aromatic nitrogens is 1. The summed E-state index contributed by atoms with van der Waals surface area (Å²) in [5.41, 5.74) is 3.99. The van der Waals surface area contributed by atoms with E-state index in [1.54, 1.807) is 7.11 Å². The van der Waals surface area contributed by atoms with E-state index in [-0.39, 0.29) is 11.9 Å². The van der Waals surface area contributed by atoms with E-state index in [0.717, 1.165) is 53.4 Å². The molecule has 0 bridgehead atoms. The molecule has 2 aromatic carbocycles. The number of likely N-dealkylation sites (tertiary alicyclic amines) is 1. The minimum absolute atomic E-state index is 0.134. The second kappa shape index (κ2) is 8.53. The first-order chi connectivity index (χ1) is 13.8. The van der Waals surface area contributed by atoms with Gasteiger partial charge in [-0.15, -0.1) is 0 Å². The van der Waals surface area contributed by atoms with E-state index in [2.05, 4.69) is 23.2 Å². The number of methoxy groups -OCH3 is 1. The smallest absolute Gasteiger partial charge is 0.254 e.